The summed E-state index contributed by atoms with van der Waals surface area (Å²) in [5, 5.41) is 0. The molecule has 0 heterocycles. The molecule has 1 aliphatic rings. The molecule has 1 fully saturated rings. The van der Waals surface area contributed by atoms with Gasteiger partial charge in [-0.15, -0.1) is 6.58 Å². The maximum atomic E-state index is 5.77. The van der Waals surface area contributed by atoms with Gasteiger partial charge in [-0.1, -0.05) is 19.9 Å². The molecule has 0 saturated heterocycles. The van der Waals surface area contributed by atoms with Gasteiger partial charge in [0.1, 0.15) is 0 Å². The molecule has 0 radical (unpaired) electrons. The molecule has 14 heavy (non-hydrogen) atoms. The molecule has 0 spiro atoms. The van der Waals surface area contributed by atoms with Crippen LogP contribution < -0.4 is 5.73 Å². The summed E-state index contributed by atoms with van der Waals surface area (Å²) in [7, 11) is 0. The third-order valence-electron chi connectivity index (χ3n) is 3.52. The highest BCUT2D eigenvalue weighted by atomic mass is 14.6. The van der Waals surface area contributed by atoms with Crippen LogP contribution in [0.5, 0.6) is 0 Å². The second kappa shape index (κ2) is 5.55. The Bertz CT molecular complexity index is 168. The van der Waals surface area contributed by atoms with Gasteiger partial charge in [-0.25, -0.2) is 0 Å². The molecule has 0 aromatic rings. The summed E-state index contributed by atoms with van der Waals surface area (Å²) in [6.45, 7) is 9.27. The van der Waals surface area contributed by atoms with Crippen LogP contribution >= 0.6 is 0 Å². The zero-order valence-electron chi connectivity index (χ0n) is 9.71. The van der Waals surface area contributed by atoms with Crippen molar-refractivity contribution in [3.8, 4) is 0 Å². The number of allylic oxidation sites excluding steroid dienone is 1. The zero-order valence-corrected chi connectivity index (χ0v) is 9.71. The van der Waals surface area contributed by atoms with E-state index < -0.39 is 0 Å². The first-order valence-electron chi connectivity index (χ1n) is 5.98. The first-order chi connectivity index (χ1) is 6.67. The van der Waals surface area contributed by atoms with E-state index in [-0.39, 0.29) is 0 Å². The molecule has 1 atom stereocenters. The van der Waals surface area contributed by atoms with Crippen LogP contribution in [0.3, 0.4) is 0 Å². The van der Waals surface area contributed by atoms with Crippen LogP contribution in [0, 0.1) is 23.7 Å². The van der Waals surface area contributed by atoms with Crippen molar-refractivity contribution in [2.45, 2.75) is 39.5 Å². The lowest BCUT2D eigenvalue weighted by Gasteiger charge is -2.41. The van der Waals surface area contributed by atoms with Crippen LogP contribution in [-0.4, -0.2) is 6.54 Å². The van der Waals surface area contributed by atoms with Crippen molar-refractivity contribution in [2.75, 3.05) is 6.54 Å². The lowest BCUT2D eigenvalue weighted by molar-refractivity contribution is 0.110. The molecular formula is C13H25N. The molecule has 1 heteroatoms. The Hall–Kier alpha value is -0.300. The molecule has 2 N–H and O–H groups in total. The third-order valence-corrected chi connectivity index (χ3v) is 3.52. The average Bonchev–Trinajstić information content (AvgIpc) is 2.07. The van der Waals surface area contributed by atoms with Gasteiger partial charge in [0.05, 0.1) is 0 Å². The topological polar surface area (TPSA) is 26.0 Å². The van der Waals surface area contributed by atoms with E-state index >= 15 is 0 Å². The van der Waals surface area contributed by atoms with E-state index in [9.17, 15) is 0 Å². The number of hydrogen-bond donors (Lipinski definition) is 1. The Morgan fingerprint density at radius 1 is 1.43 bits per heavy atom. The van der Waals surface area contributed by atoms with Crippen molar-refractivity contribution < 1.29 is 0 Å². The van der Waals surface area contributed by atoms with Crippen molar-refractivity contribution >= 4 is 0 Å². The lowest BCUT2D eigenvalue weighted by atomic mass is 9.65. The monoisotopic (exact) mass is 195 g/mol. The van der Waals surface area contributed by atoms with E-state index in [1.54, 1.807) is 0 Å². The Kier molecular flexibility index (Phi) is 4.67. The predicted octanol–water partition coefficient (Wildman–Crippen LogP) is 3.21. The van der Waals surface area contributed by atoms with Crippen molar-refractivity contribution in [1.29, 1.82) is 0 Å². The second-order valence-electron chi connectivity index (χ2n) is 5.25. The van der Waals surface area contributed by atoms with E-state index in [1.165, 1.54) is 19.3 Å². The summed E-state index contributed by atoms with van der Waals surface area (Å²) in [5.41, 5.74) is 5.77. The quantitative estimate of drug-likeness (QED) is 0.647. The number of rotatable bonds is 6. The summed E-state index contributed by atoms with van der Waals surface area (Å²) in [6.07, 6.45) is 7.35. The van der Waals surface area contributed by atoms with Gasteiger partial charge in [-0.05, 0) is 55.9 Å². The van der Waals surface area contributed by atoms with E-state index in [2.05, 4.69) is 20.4 Å². The van der Waals surface area contributed by atoms with Gasteiger partial charge in [0.25, 0.3) is 0 Å². The van der Waals surface area contributed by atoms with Gasteiger partial charge >= 0.3 is 0 Å². The molecule has 82 valence electrons. The Morgan fingerprint density at radius 3 is 2.50 bits per heavy atom. The maximum Gasteiger partial charge on any atom is -0.00432 e. The fourth-order valence-corrected chi connectivity index (χ4v) is 2.73. The van der Waals surface area contributed by atoms with Gasteiger partial charge in [0, 0.05) is 0 Å². The van der Waals surface area contributed by atoms with Gasteiger partial charge in [-0.2, -0.15) is 0 Å². The van der Waals surface area contributed by atoms with Crippen LogP contribution in [0.4, 0.5) is 0 Å². The van der Waals surface area contributed by atoms with Crippen LogP contribution in [0.15, 0.2) is 12.7 Å². The summed E-state index contributed by atoms with van der Waals surface area (Å²) >= 11 is 0. The fraction of sp³-hybridized carbons (Fsp3) is 0.846. The van der Waals surface area contributed by atoms with Crippen molar-refractivity contribution in [1.82, 2.24) is 0 Å². The molecule has 0 aromatic heterocycles. The molecule has 0 aromatic carbocycles. The van der Waals surface area contributed by atoms with Crippen LogP contribution in [0.25, 0.3) is 0 Å². The highest BCUT2D eigenvalue weighted by molar-refractivity contribution is 4.88. The summed E-state index contributed by atoms with van der Waals surface area (Å²) < 4.78 is 0. The largest absolute Gasteiger partial charge is 0.330 e. The van der Waals surface area contributed by atoms with Gasteiger partial charge < -0.3 is 5.73 Å². The number of nitrogens with two attached hydrogens (primary N) is 1. The van der Waals surface area contributed by atoms with Crippen molar-refractivity contribution in [3.05, 3.63) is 12.7 Å². The Labute approximate surface area is 88.8 Å². The minimum absolute atomic E-state index is 0.705. The summed E-state index contributed by atoms with van der Waals surface area (Å²) in [4.78, 5) is 0. The molecule has 1 unspecified atom stereocenters. The van der Waals surface area contributed by atoms with E-state index in [0.717, 1.165) is 30.7 Å². The third kappa shape index (κ3) is 3.13. The maximum absolute atomic E-state index is 5.77. The van der Waals surface area contributed by atoms with Gasteiger partial charge in [-0.3, -0.25) is 0 Å². The van der Waals surface area contributed by atoms with E-state index in [1.807, 2.05) is 6.08 Å². The number of hydrogen-bond acceptors (Lipinski definition) is 1. The van der Waals surface area contributed by atoms with E-state index in [4.69, 9.17) is 5.73 Å². The fourth-order valence-electron chi connectivity index (χ4n) is 2.73. The Morgan fingerprint density at radius 2 is 2.07 bits per heavy atom. The van der Waals surface area contributed by atoms with Crippen molar-refractivity contribution in [3.63, 3.8) is 0 Å². The smallest absolute Gasteiger partial charge is 0.00432 e. The molecule has 0 amide bonds. The SMILES string of the molecule is C=CCC(CN)C1CC(CC(C)C)C1. The molecular weight excluding hydrogens is 170 g/mol. The average molecular weight is 195 g/mol. The molecule has 1 saturated carbocycles. The van der Waals surface area contributed by atoms with Gasteiger partial charge in [0.15, 0.2) is 0 Å². The first-order valence-corrected chi connectivity index (χ1v) is 5.98. The lowest BCUT2D eigenvalue weighted by Crippen LogP contribution is -2.34. The predicted molar refractivity (Wildman–Crippen MR) is 63.0 cm³/mol. The molecule has 1 aliphatic carbocycles. The summed E-state index contributed by atoms with van der Waals surface area (Å²) in [6, 6.07) is 0. The minimum Gasteiger partial charge on any atom is -0.330 e. The summed E-state index contributed by atoms with van der Waals surface area (Å²) in [5.74, 6) is 3.44. The zero-order chi connectivity index (χ0) is 10.6. The standard InChI is InChI=1S/C13H25N/c1-4-5-12(9-14)13-7-11(8-13)6-10(2)3/h4,10-13H,1,5-9,14H2,2-3H3. The highest BCUT2D eigenvalue weighted by Crippen LogP contribution is 2.42. The molecule has 1 nitrogen and oxygen atoms in total. The van der Waals surface area contributed by atoms with E-state index in [0.29, 0.717) is 5.92 Å². The molecule has 0 bridgehead atoms. The second-order valence-corrected chi connectivity index (χ2v) is 5.25. The first kappa shape index (κ1) is 11.8. The molecule has 0 aliphatic heterocycles. The van der Waals surface area contributed by atoms with Gasteiger partial charge in [0.2, 0.25) is 0 Å². The molecule has 1 rings (SSSR count). The van der Waals surface area contributed by atoms with Crippen molar-refractivity contribution in [2.24, 2.45) is 29.4 Å². The van der Waals surface area contributed by atoms with Crippen LogP contribution in [0.1, 0.15) is 39.5 Å². The Balaban J connectivity index is 2.21. The minimum atomic E-state index is 0.705. The highest BCUT2D eigenvalue weighted by Gasteiger charge is 2.33. The van der Waals surface area contributed by atoms with Crippen LogP contribution in [-0.2, 0) is 0 Å². The van der Waals surface area contributed by atoms with Crippen LogP contribution in [0.2, 0.25) is 0 Å². The normalized spacial score (nSPS) is 28.6.